The molecule has 0 radical (unpaired) electrons. The lowest BCUT2D eigenvalue weighted by Gasteiger charge is -2.12. The molecule has 100 valence electrons. The molecule has 0 atom stereocenters. The van der Waals surface area contributed by atoms with Crippen molar-refractivity contribution in [2.75, 3.05) is 12.4 Å². The van der Waals surface area contributed by atoms with Crippen LogP contribution in [0.1, 0.15) is 22.3 Å². The average Bonchev–Trinajstić information content (AvgIpc) is 2.39. The molecule has 0 saturated carbocycles. The normalized spacial score (nSPS) is 10.5. The minimum absolute atomic E-state index is 0.652. The second kappa shape index (κ2) is 6.39. The number of nitrogens with one attached hydrogen (secondary N) is 1. The number of hydrogen-bond acceptors (Lipinski definition) is 2. The Bertz CT molecular complexity index is 528. The minimum atomic E-state index is 0.652. The van der Waals surface area contributed by atoms with Crippen molar-refractivity contribution < 1.29 is 4.74 Å². The van der Waals surface area contributed by atoms with E-state index in [1.54, 1.807) is 7.11 Å². The Kier molecular flexibility index (Phi) is 4.58. The highest BCUT2D eigenvalue weighted by atomic mass is 16.5. The molecule has 0 spiro atoms. The highest BCUT2D eigenvalue weighted by Gasteiger charge is 2.02. The minimum Gasteiger partial charge on any atom is -0.381 e. The van der Waals surface area contributed by atoms with Gasteiger partial charge in [0.1, 0.15) is 0 Å². The summed E-state index contributed by atoms with van der Waals surface area (Å²) in [7, 11) is 1.72. The number of benzene rings is 2. The van der Waals surface area contributed by atoms with Crippen molar-refractivity contribution in [2.24, 2.45) is 0 Å². The summed E-state index contributed by atoms with van der Waals surface area (Å²) in [6, 6.07) is 14.8. The fraction of sp³-hybridized carbons (Fsp3) is 0.294. The molecule has 0 aromatic heterocycles. The van der Waals surface area contributed by atoms with Gasteiger partial charge in [0.05, 0.1) is 6.61 Å². The molecule has 0 aliphatic carbocycles. The van der Waals surface area contributed by atoms with E-state index in [0.29, 0.717) is 6.61 Å². The Balaban J connectivity index is 2.08. The van der Waals surface area contributed by atoms with E-state index in [1.165, 1.54) is 22.3 Å². The molecular formula is C17H21NO. The van der Waals surface area contributed by atoms with E-state index >= 15 is 0 Å². The highest BCUT2D eigenvalue weighted by Crippen LogP contribution is 2.17. The Hall–Kier alpha value is -1.80. The Morgan fingerprint density at radius 3 is 2.37 bits per heavy atom. The summed E-state index contributed by atoms with van der Waals surface area (Å²) in [5.41, 5.74) is 6.37. The molecule has 2 aromatic carbocycles. The maximum Gasteiger partial charge on any atom is 0.0713 e. The molecule has 2 heteroatoms. The van der Waals surface area contributed by atoms with Crippen LogP contribution in [0.15, 0.2) is 42.5 Å². The van der Waals surface area contributed by atoms with Crippen LogP contribution < -0.4 is 5.32 Å². The number of methoxy groups -OCH3 is 1. The molecule has 0 fully saturated rings. The van der Waals surface area contributed by atoms with Crippen LogP contribution in [0.4, 0.5) is 5.69 Å². The number of ether oxygens (including phenoxy) is 1. The number of anilines is 1. The van der Waals surface area contributed by atoms with Crippen molar-refractivity contribution in [1.29, 1.82) is 0 Å². The lowest BCUT2D eigenvalue weighted by molar-refractivity contribution is 0.185. The van der Waals surface area contributed by atoms with E-state index in [2.05, 4.69) is 61.6 Å². The van der Waals surface area contributed by atoms with E-state index in [4.69, 9.17) is 4.74 Å². The standard InChI is InChI=1S/C17H21NO/c1-13-6-4-7-14(2)17(13)11-18-16-9-5-8-15(10-16)12-19-3/h4-10,18H,11-12H2,1-3H3. The van der Waals surface area contributed by atoms with Crippen LogP contribution in [0.3, 0.4) is 0 Å². The van der Waals surface area contributed by atoms with Crippen molar-refractivity contribution in [3.8, 4) is 0 Å². The van der Waals surface area contributed by atoms with Crippen LogP contribution in [0.2, 0.25) is 0 Å². The summed E-state index contributed by atoms with van der Waals surface area (Å²) >= 11 is 0. The van der Waals surface area contributed by atoms with Crippen molar-refractivity contribution >= 4 is 5.69 Å². The van der Waals surface area contributed by atoms with E-state index in [-0.39, 0.29) is 0 Å². The van der Waals surface area contributed by atoms with Crippen LogP contribution in [0.5, 0.6) is 0 Å². The maximum atomic E-state index is 5.16. The molecule has 0 bridgehead atoms. The van der Waals surface area contributed by atoms with Crippen molar-refractivity contribution in [3.05, 3.63) is 64.7 Å². The van der Waals surface area contributed by atoms with Gasteiger partial charge in [-0.3, -0.25) is 0 Å². The van der Waals surface area contributed by atoms with Gasteiger partial charge >= 0.3 is 0 Å². The molecule has 0 saturated heterocycles. The fourth-order valence-corrected chi connectivity index (χ4v) is 2.26. The van der Waals surface area contributed by atoms with E-state index in [0.717, 1.165) is 12.2 Å². The first-order chi connectivity index (χ1) is 9.20. The summed E-state index contributed by atoms with van der Waals surface area (Å²) in [4.78, 5) is 0. The SMILES string of the molecule is COCc1cccc(NCc2c(C)cccc2C)c1. The van der Waals surface area contributed by atoms with Gasteiger partial charge < -0.3 is 10.1 Å². The van der Waals surface area contributed by atoms with Gasteiger partial charge in [0, 0.05) is 19.3 Å². The summed E-state index contributed by atoms with van der Waals surface area (Å²) < 4.78 is 5.16. The predicted octanol–water partition coefficient (Wildman–Crippen LogP) is 4.06. The molecule has 1 N–H and O–H groups in total. The molecule has 0 aliphatic heterocycles. The summed E-state index contributed by atoms with van der Waals surface area (Å²) in [5, 5.41) is 3.49. The Morgan fingerprint density at radius 2 is 1.68 bits per heavy atom. The first-order valence-electron chi connectivity index (χ1n) is 6.57. The zero-order chi connectivity index (χ0) is 13.7. The topological polar surface area (TPSA) is 21.3 Å². The molecule has 2 rings (SSSR count). The number of aryl methyl sites for hydroxylation is 2. The van der Waals surface area contributed by atoms with Crippen LogP contribution in [-0.2, 0) is 17.9 Å². The lowest BCUT2D eigenvalue weighted by atomic mass is 10.0. The Labute approximate surface area is 115 Å². The quantitative estimate of drug-likeness (QED) is 0.870. The first-order valence-corrected chi connectivity index (χ1v) is 6.57. The number of rotatable bonds is 5. The zero-order valence-electron chi connectivity index (χ0n) is 11.9. The third kappa shape index (κ3) is 3.58. The van der Waals surface area contributed by atoms with Crippen LogP contribution in [0.25, 0.3) is 0 Å². The summed E-state index contributed by atoms with van der Waals surface area (Å²) in [6.45, 7) is 5.82. The Morgan fingerprint density at radius 1 is 1.00 bits per heavy atom. The first kappa shape index (κ1) is 13.6. The van der Waals surface area contributed by atoms with Gasteiger partial charge in [-0.1, -0.05) is 30.3 Å². The van der Waals surface area contributed by atoms with Gasteiger partial charge in [-0.25, -0.2) is 0 Å². The highest BCUT2D eigenvalue weighted by molar-refractivity contribution is 5.47. The van der Waals surface area contributed by atoms with Gasteiger partial charge in [-0.05, 0) is 48.2 Å². The third-order valence-electron chi connectivity index (χ3n) is 3.35. The second-order valence-electron chi connectivity index (χ2n) is 4.86. The molecule has 2 aromatic rings. The lowest BCUT2D eigenvalue weighted by Crippen LogP contribution is -2.03. The fourth-order valence-electron chi connectivity index (χ4n) is 2.26. The van der Waals surface area contributed by atoms with Crippen LogP contribution in [0, 0.1) is 13.8 Å². The van der Waals surface area contributed by atoms with Crippen molar-refractivity contribution in [3.63, 3.8) is 0 Å². The summed E-state index contributed by atoms with van der Waals surface area (Å²) in [5.74, 6) is 0. The molecule has 0 unspecified atom stereocenters. The average molecular weight is 255 g/mol. The van der Waals surface area contributed by atoms with Crippen molar-refractivity contribution in [2.45, 2.75) is 27.0 Å². The second-order valence-corrected chi connectivity index (χ2v) is 4.86. The van der Waals surface area contributed by atoms with Crippen LogP contribution in [-0.4, -0.2) is 7.11 Å². The molecule has 0 amide bonds. The molecular weight excluding hydrogens is 234 g/mol. The largest absolute Gasteiger partial charge is 0.381 e. The smallest absolute Gasteiger partial charge is 0.0713 e. The van der Waals surface area contributed by atoms with Gasteiger partial charge in [-0.2, -0.15) is 0 Å². The molecule has 19 heavy (non-hydrogen) atoms. The van der Waals surface area contributed by atoms with Crippen LogP contribution >= 0.6 is 0 Å². The van der Waals surface area contributed by atoms with E-state index in [1.807, 2.05) is 0 Å². The van der Waals surface area contributed by atoms with Gasteiger partial charge in [0.25, 0.3) is 0 Å². The zero-order valence-corrected chi connectivity index (χ0v) is 11.9. The molecule has 0 heterocycles. The third-order valence-corrected chi connectivity index (χ3v) is 3.35. The molecule has 0 aliphatic rings. The van der Waals surface area contributed by atoms with Crippen molar-refractivity contribution in [1.82, 2.24) is 0 Å². The number of hydrogen-bond donors (Lipinski definition) is 1. The van der Waals surface area contributed by atoms with E-state index in [9.17, 15) is 0 Å². The summed E-state index contributed by atoms with van der Waals surface area (Å²) in [6.07, 6.45) is 0. The van der Waals surface area contributed by atoms with Gasteiger partial charge in [0.15, 0.2) is 0 Å². The van der Waals surface area contributed by atoms with Gasteiger partial charge in [0.2, 0.25) is 0 Å². The van der Waals surface area contributed by atoms with Gasteiger partial charge in [-0.15, -0.1) is 0 Å². The predicted molar refractivity (Wildman–Crippen MR) is 80.4 cm³/mol. The molecule has 2 nitrogen and oxygen atoms in total. The maximum absolute atomic E-state index is 5.16. The van der Waals surface area contributed by atoms with E-state index < -0.39 is 0 Å². The monoisotopic (exact) mass is 255 g/mol.